The highest BCUT2D eigenvalue weighted by atomic mass is 35.5. The van der Waals surface area contributed by atoms with Crippen LogP contribution in [0.1, 0.15) is 65.1 Å². The van der Waals surface area contributed by atoms with Crippen LogP contribution in [0.2, 0.25) is 5.02 Å². The molecule has 1 aliphatic carbocycles. The van der Waals surface area contributed by atoms with Crippen molar-refractivity contribution in [1.82, 2.24) is 15.1 Å². The Balaban J connectivity index is 1.74. The van der Waals surface area contributed by atoms with E-state index in [-0.39, 0.29) is 36.4 Å². The van der Waals surface area contributed by atoms with Crippen LogP contribution >= 0.6 is 11.6 Å². The van der Waals surface area contributed by atoms with Crippen molar-refractivity contribution >= 4 is 17.5 Å². The van der Waals surface area contributed by atoms with Crippen LogP contribution in [0.3, 0.4) is 0 Å². The van der Waals surface area contributed by atoms with Crippen molar-refractivity contribution < 1.29 is 24.1 Å². The van der Waals surface area contributed by atoms with E-state index in [2.05, 4.69) is 10.2 Å². The highest BCUT2D eigenvalue weighted by molar-refractivity contribution is 6.30. The lowest BCUT2D eigenvalue weighted by Gasteiger charge is -2.40. The molecule has 0 radical (unpaired) electrons. The molecule has 0 spiro atoms. The summed E-state index contributed by atoms with van der Waals surface area (Å²) < 4.78 is 22.7. The van der Waals surface area contributed by atoms with Gasteiger partial charge in [0.25, 0.3) is 5.91 Å². The molecule has 2 heterocycles. The van der Waals surface area contributed by atoms with Gasteiger partial charge in [-0.3, -0.25) is 9.69 Å². The van der Waals surface area contributed by atoms with Crippen LogP contribution in [-0.2, 0) is 22.6 Å². The number of ether oxygens (including phenoxy) is 1. The van der Waals surface area contributed by atoms with Gasteiger partial charge in [-0.2, -0.15) is 10.2 Å². The maximum Gasteiger partial charge on any atom is 0.257 e. The van der Waals surface area contributed by atoms with Crippen LogP contribution in [0.5, 0.6) is 0 Å². The molecule has 1 aromatic heterocycles. The molecule has 1 amide bonds. The quantitative estimate of drug-likeness (QED) is 0.451. The van der Waals surface area contributed by atoms with E-state index < -0.39 is 28.5 Å². The van der Waals surface area contributed by atoms with Gasteiger partial charge in [0, 0.05) is 16.0 Å². The average Bonchev–Trinajstić information content (AvgIpc) is 3.60. The molecule has 3 aromatic rings. The summed E-state index contributed by atoms with van der Waals surface area (Å²) in [5.74, 6) is -1.14. The Kier molecular flexibility index (Phi) is 6.35. The minimum atomic E-state index is -1.66. The number of benzene rings is 2. The molecule has 194 valence electrons. The summed E-state index contributed by atoms with van der Waals surface area (Å²) in [7, 11) is 0. The van der Waals surface area contributed by atoms with E-state index in [1.54, 1.807) is 36.4 Å². The van der Waals surface area contributed by atoms with E-state index >= 15 is 4.39 Å². The number of hydrogen-bond donors (Lipinski definition) is 2. The van der Waals surface area contributed by atoms with Crippen LogP contribution in [0, 0.1) is 18.2 Å². The van der Waals surface area contributed by atoms with Crippen LogP contribution in [-0.4, -0.2) is 44.4 Å². The minimum absolute atomic E-state index is 0.00711. The highest BCUT2D eigenvalue weighted by Gasteiger charge is 2.56. The lowest BCUT2D eigenvalue weighted by molar-refractivity contribution is -0.130. The second kappa shape index (κ2) is 9.13. The van der Waals surface area contributed by atoms with Crippen LogP contribution in [0.25, 0.3) is 0 Å². The van der Waals surface area contributed by atoms with E-state index in [0.717, 1.165) is 18.5 Å². The van der Waals surface area contributed by atoms with Gasteiger partial charge in [-0.05, 0) is 75.6 Å². The molecule has 7 nitrogen and oxygen atoms in total. The third-order valence-electron chi connectivity index (χ3n) is 7.28. The number of carbonyl (C=O) groups excluding carboxylic acids is 1. The average molecular weight is 526 g/mol. The molecule has 2 N–H and O–H groups in total. The smallest absolute Gasteiger partial charge is 0.257 e. The molecule has 0 unspecified atom stereocenters. The normalized spacial score (nSPS) is 20.3. The van der Waals surface area contributed by atoms with Crippen molar-refractivity contribution in [3.63, 3.8) is 0 Å². The van der Waals surface area contributed by atoms with Crippen molar-refractivity contribution in [3.05, 3.63) is 93.0 Å². The summed E-state index contributed by atoms with van der Waals surface area (Å²) in [6.45, 7) is 4.91. The topological polar surface area (TPSA) is 95.8 Å². The van der Waals surface area contributed by atoms with E-state index in [4.69, 9.17) is 16.3 Å². The van der Waals surface area contributed by atoms with Gasteiger partial charge in [-0.25, -0.2) is 4.39 Å². The zero-order chi connectivity index (χ0) is 26.6. The Morgan fingerprint density at radius 1 is 1.14 bits per heavy atom. The molecular formula is C28H29ClFN3O4. The number of halogens is 2. The fourth-order valence-corrected chi connectivity index (χ4v) is 4.87. The lowest BCUT2D eigenvalue weighted by Crippen LogP contribution is -2.48. The van der Waals surface area contributed by atoms with Crippen LogP contribution in [0.15, 0.2) is 48.5 Å². The van der Waals surface area contributed by atoms with Gasteiger partial charge in [0.15, 0.2) is 5.72 Å². The van der Waals surface area contributed by atoms with Gasteiger partial charge >= 0.3 is 0 Å². The summed E-state index contributed by atoms with van der Waals surface area (Å²) in [5, 5.41) is 29.4. The molecule has 37 heavy (non-hydrogen) atoms. The SMILES string of the molecule is Cc1ccc(CN2C(=O)c3cc(C(C)(C)O)cc(F)c3[C@]2(OCC2(CO)CC2)c2ccc(Cl)cc2)nn1. The van der Waals surface area contributed by atoms with Crippen molar-refractivity contribution in [1.29, 1.82) is 0 Å². The zero-order valence-corrected chi connectivity index (χ0v) is 21.7. The summed E-state index contributed by atoms with van der Waals surface area (Å²) >= 11 is 6.18. The van der Waals surface area contributed by atoms with Crippen molar-refractivity contribution in [3.8, 4) is 0 Å². The zero-order valence-electron chi connectivity index (χ0n) is 21.0. The van der Waals surface area contributed by atoms with Gasteiger partial charge in [0.1, 0.15) is 5.82 Å². The number of aliphatic hydroxyl groups is 2. The number of nitrogens with zero attached hydrogens (tertiary/aromatic N) is 3. The summed E-state index contributed by atoms with van der Waals surface area (Å²) in [4.78, 5) is 15.5. The summed E-state index contributed by atoms with van der Waals surface area (Å²) in [6.07, 6.45) is 1.54. The van der Waals surface area contributed by atoms with E-state index in [1.807, 2.05) is 6.92 Å². The van der Waals surface area contributed by atoms with Crippen LogP contribution in [0.4, 0.5) is 4.39 Å². The monoisotopic (exact) mass is 525 g/mol. The Morgan fingerprint density at radius 2 is 1.84 bits per heavy atom. The maximum absolute atomic E-state index is 16.1. The van der Waals surface area contributed by atoms with Crippen molar-refractivity contribution in [2.45, 2.75) is 51.5 Å². The Hall–Kier alpha value is -2.91. The van der Waals surface area contributed by atoms with Gasteiger partial charge in [-0.15, -0.1) is 0 Å². The Morgan fingerprint density at radius 3 is 2.41 bits per heavy atom. The molecule has 5 rings (SSSR count). The number of fused-ring (bicyclic) bond motifs is 1. The van der Waals surface area contributed by atoms with E-state index in [1.165, 1.54) is 30.9 Å². The summed E-state index contributed by atoms with van der Waals surface area (Å²) in [6, 6.07) is 13.1. The molecule has 9 heteroatoms. The number of aliphatic hydroxyl groups excluding tert-OH is 1. The standard InChI is InChI=1S/C28H29ClFN3O4/c1-17-4-9-21(32-31-17)14-33-25(35)22-12-19(26(2,3)36)13-23(30)24(22)28(33,18-5-7-20(29)8-6-18)37-16-27(15-34)10-11-27/h4-9,12-13,34,36H,10-11,14-16H2,1-3H3/t28-/m1/s1. The first-order chi connectivity index (χ1) is 17.5. The number of amides is 1. The number of aromatic nitrogens is 2. The van der Waals surface area contributed by atoms with Gasteiger partial charge in [0.05, 0.1) is 47.9 Å². The fourth-order valence-electron chi connectivity index (χ4n) is 4.74. The second-order valence-corrected chi connectivity index (χ2v) is 11.0. The predicted octanol–water partition coefficient (Wildman–Crippen LogP) is 4.45. The molecule has 1 aliphatic heterocycles. The fraction of sp³-hybridized carbons (Fsp3) is 0.393. The molecule has 1 atom stereocenters. The molecular weight excluding hydrogens is 497 g/mol. The second-order valence-electron chi connectivity index (χ2n) is 10.6. The number of rotatable bonds is 8. The first kappa shape index (κ1) is 25.7. The van der Waals surface area contributed by atoms with Gasteiger partial charge < -0.3 is 14.9 Å². The summed E-state index contributed by atoms with van der Waals surface area (Å²) in [5.41, 5.74) is -1.31. The lowest BCUT2D eigenvalue weighted by atomic mass is 9.88. The Labute approximate surface area is 219 Å². The molecule has 1 fully saturated rings. The molecule has 2 aliphatic rings. The Bertz CT molecular complexity index is 1340. The largest absolute Gasteiger partial charge is 0.396 e. The third kappa shape index (κ3) is 4.52. The van der Waals surface area contributed by atoms with E-state index in [9.17, 15) is 15.0 Å². The van der Waals surface area contributed by atoms with Crippen LogP contribution < -0.4 is 0 Å². The van der Waals surface area contributed by atoms with Crippen molar-refractivity contribution in [2.75, 3.05) is 13.2 Å². The molecule has 2 aromatic carbocycles. The predicted molar refractivity (Wildman–Crippen MR) is 135 cm³/mol. The highest BCUT2D eigenvalue weighted by Crippen LogP contribution is 2.52. The number of aryl methyl sites for hydroxylation is 1. The first-order valence-electron chi connectivity index (χ1n) is 12.2. The minimum Gasteiger partial charge on any atom is -0.396 e. The first-order valence-corrected chi connectivity index (χ1v) is 12.6. The maximum atomic E-state index is 16.1. The number of carbonyl (C=O) groups is 1. The van der Waals surface area contributed by atoms with Gasteiger partial charge in [-0.1, -0.05) is 23.7 Å². The van der Waals surface area contributed by atoms with E-state index in [0.29, 0.717) is 16.3 Å². The third-order valence-corrected chi connectivity index (χ3v) is 7.53. The molecule has 1 saturated carbocycles. The number of hydrogen-bond acceptors (Lipinski definition) is 6. The molecule has 0 bridgehead atoms. The van der Waals surface area contributed by atoms with Crippen molar-refractivity contribution in [2.24, 2.45) is 5.41 Å². The van der Waals surface area contributed by atoms with Gasteiger partial charge in [0.2, 0.25) is 0 Å². The molecule has 0 saturated heterocycles.